The number of likely N-dealkylation sites (tertiary alicyclic amines) is 1. The monoisotopic (exact) mass is 580 g/mol. The number of piperidine rings is 1. The average Bonchev–Trinajstić information content (AvgIpc) is 3.41. The molecule has 2 heterocycles. The van der Waals surface area contributed by atoms with Gasteiger partial charge in [-0.3, -0.25) is 14.4 Å². The van der Waals surface area contributed by atoms with E-state index in [1.54, 1.807) is 17.0 Å². The van der Waals surface area contributed by atoms with Crippen LogP contribution in [0.25, 0.3) is 0 Å². The molecule has 2 aliphatic carbocycles. The number of carbonyl (C=O) groups is 3. The number of nitrogens with zero attached hydrogens (tertiary/aromatic N) is 4. The summed E-state index contributed by atoms with van der Waals surface area (Å²) in [6.45, 7) is 4.63. The van der Waals surface area contributed by atoms with Gasteiger partial charge in [-0.15, -0.1) is 10.2 Å². The summed E-state index contributed by atoms with van der Waals surface area (Å²) >= 11 is 0. The van der Waals surface area contributed by atoms with Crippen molar-refractivity contribution < 1.29 is 14.4 Å². The van der Waals surface area contributed by atoms with Crippen molar-refractivity contribution in [2.45, 2.75) is 69.4 Å². The van der Waals surface area contributed by atoms with E-state index in [-0.39, 0.29) is 30.5 Å². The summed E-state index contributed by atoms with van der Waals surface area (Å²) in [6, 6.07) is 13.1. The highest BCUT2D eigenvalue weighted by atomic mass is 16.2. The second kappa shape index (κ2) is 10.9. The molecule has 3 amide bonds. The fourth-order valence-corrected chi connectivity index (χ4v) is 7.02. The van der Waals surface area contributed by atoms with E-state index in [0.29, 0.717) is 48.7 Å². The van der Waals surface area contributed by atoms with E-state index in [0.717, 1.165) is 40.9 Å². The van der Waals surface area contributed by atoms with Gasteiger partial charge in [0, 0.05) is 23.1 Å². The molecule has 222 valence electrons. The zero-order chi connectivity index (χ0) is 30.5. The van der Waals surface area contributed by atoms with Crippen LogP contribution in [0.15, 0.2) is 36.4 Å². The molecule has 0 spiro atoms. The second-order valence-electron chi connectivity index (χ2n) is 12.3. The summed E-state index contributed by atoms with van der Waals surface area (Å²) in [5.74, 6) is 0.847. The minimum Gasteiger partial charge on any atom is -0.366 e. The molecule has 6 N–H and O–H groups in total. The van der Waals surface area contributed by atoms with Gasteiger partial charge in [0.1, 0.15) is 17.7 Å². The molecule has 6 rings (SSSR count). The second-order valence-corrected chi connectivity index (χ2v) is 12.3. The van der Waals surface area contributed by atoms with Gasteiger partial charge in [-0.25, -0.2) is 0 Å². The minimum atomic E-state index is -0.853. The maximum absolute atomic E-state index is 13.2. The SMILES string of the molecule is CC(C)c1nnc(C2(CCNCC(=O)N3C(C#N)C[C@@H]4C[C@@H]43)c3ccc(C(N)=O)cc3CCc3cc(C(N)=O)ccc32)[nH]1. The topological polar surface area (TPSA) is 184 Å². The number of nitriles is 1. The Balaban J connectivity index is 1.41. The lowest BCUT2D eigenvalue weighted by Crippen LogP contribution is -2.44. The first kappa shape index (κ1) is 28.6. The normalized spacial score (nSPS) is 21.3. The van der Waals surface area contributed by atoms with Crippen LogP contribution in [-0.2, 0) is 23.1 Å². The zero-order valence-electron chi connectivity index (χ0n) is 24.4. The number of aromatic nitrogens is 3. The molecular weight excluding hydrogens is 544 g/mol. The molecule has 1 unspecified atom stereocenters. The van der Waals surface area contributed by atoms with Crippen LogP contribution in [0, 0.1) is 17.2 Å². The fraction of sp³-hybridized carbons (Fsp3) is 0.438. The Bertz CT molecular complexity index is 1590. The van der Waals surface area contributed by atoms with Crippen molar-refractivity contribution in [2.24, 2.45) is 17.4 Å². The predicted molar refractivity (Wildman–Crippen MR) is 158 cm³/mol. The van der Waals surface area contributed by atoms with E-state index in [4.69, 9.17) is 11.5 Å². The number of amides is 3. The quantitative estimate of drug-likeness (QED) is 0.279. The molecule has 0 bridgehead atoms. The van der Waals surface area contributed by atoms with Gasteiger partial charge >= 0.3 is 0 Å². The lowest BCUT2D eigenvalue weighted by atomic mass is 9.69. The van der Waals surface area contributed by atoms with Gasteiger partial charge in [-0.2, -0.15) is 5.26 Å². The molecule has 1 aliphatic heterocycles. The van der Waals surface area contributed by atoms with Crippen LogP contribution < -0.4 is 16.8 Å². The highest BCUT2D eigenvalue weighted by Gasteiger charge is 2.54. The molecule has 3 aromatic rings. The molecule has 11 nitrogen and oxygen atoms in total. The van der Waals surface area contributed by atoms with Crippen LogP contribution in [-0.4, -0.2) is 63.0 Å². The number of rotatable bonds is 9. The standard InChI is InChI=1S/C32H36N8O3/c1-17(2)30-37-31(39-38-30)32(9-10-36-16-27(41)40-23(15-33)13-22-14-26(22)40)24-7-5-20(28(34)42)11-18(24)3-4-19-12-21(29(35)43)6-8-25(19)32/h5-8,11-12,17,22-23,26,36H,3-4,9-10,13-14,16H2,1-2H3,(H2,34,42)(H2,35,43)(H,37,38,39)/t22-,23?,26+/m1/s1. The molecule has 3 atom stereocenters. The van der Waals surface area contributed by atoms with E-state index in [2.05, 4.69) is 26.6 Å². The van der Waals surface area contributed by atoms with Crippen LogP contribution in [0.4, 0.5) is 0 Å². The van der Waals surface area contributed by atoms with Crippen molar-refractivity contribution in [3.63, 3.8) is 0 Å². The van der Waals surface area contributed by atoms with Gasteiger partial charge < -0.3 is 26.7 Å². The first-order valence-corrected chi connectivity index (χ1v) is 14.8. The van der Waals surface area contributed by atoms with E-state index in [9.17, 15) is 19.6 Å². The third kappa shape index (κ3) is 4.95. The van der Waals surface area contributed by atoms with Gasteiger partial charge in [0.15, 0.2) is 0 Å². The van der Waals surface area contributed by atoms with Crippen molar-refractivity contribution in [1.29, 1.82) is 5.26 Å². The maximum atomic E-state index is 13.2. The molecule has 2 fully saturated rings. The number of fused-ring (bicyclic) bond motifs is 3. The Morgan fingerprint density at radius 2 is 1.67 bits per heavy atom. The summed E-state index contributed by atoms with van der Waals surface area (Å²) in [5.41, 5.74) is 15.1. The van der Waals surface area contributed by atoms with E-state index in [1.165, 1.54) is 0 Å². The van der Waals surface area contributed by atoms with Crippen LogP contribution in [0.2, 0.25) is 0 Å². The summed E-state index contributed by atoms with van der Waals surface area (Å²) in [4.78, 5) is 42.7. The van der Waals surface area contributed by atoms with E-state index in [1.807, 2.05) is 38.1 Å². The van der Waals surface area contributed by atoms with Crippen molar-refractivity contribution in [1.82, 2.24) is 25.4 Å². The number of nitrogens with two attached hydrogens (primary N) is 2. The summed E-state index contributed by atoms with van der Waals surface area (Å²) in [5, 5.41) is 22.0. The summed E-state index contributed by atoms with van der Waals surface area (Å²) < 4.78 is 0. The van der Waals surface area contributed by atoms with Crippen LogP contribution in [0.1, 0.15) is 93.6 Å². The van der Waals surface area contributed by atoms with Gasteiger partial charge in [-0.05, 0) is 91.1 Å². The van der Waals surface area contributed by atoms with Crippen LogP contribution in [0.3, 0.4) is 0 Å². The van der Waals surface area contributed by atoms with Crippen LogP contribution >= 0.6 is 0 Å². The van der Waals surface area contributed by atoms with Crippen molar-refractivity contribution >= 4 is 17.7 Å². The number of benzene rings is 2. The van der Waals surface area contributed by atoms with Gasteiger partial charge in [0.05, 0.1) is 18.0 Å². The molecule has 2 aromatic carbocycles. The molecule has 3 aliphatic rings. The van der Waals surface area contributed by atoms with Crippen molar-refractivity contribution in [3.8, 4) is 6.07 Å². The van der Waals surface area contributed by atoms with Crippen molar-refractivity contribution in [3.05, 3.63) is 81.4 Å². The zero-order valence-corrected chi connectivity index (χ0v) is 24.4. The molecule has 43 heavy (non-hydrogen) atoms. The number of aryl methyl sites for hydroxylation is 2. The molecule has 1 aromatic heterocycles. The third-order valence-electron chi connectivity index (χ3n) is 9.31. The highest BCUT2D eigenvalue weighted by molar-refractivity contribution is 5.94. The fourth-order valence-electron chi connectivity index (χ4n) is 7.02. The number of hydrogen-bond acceptors (Lipinski definition) is 7. The number of hydrogen-bond donors (Lipinski definition) is 4. The predicted octanol–water partition coefficient (Wildman–Crippen LogP) is 2.05. The molecule has 1 saturated carbocycles. The Labute approximate surface area is 250 Å². The largest absolute Gasteiger partial charge is 0.366 e. The average molecular weight is 581 g/mol. The third-order valence-corrected chi connectivity index (χ3v) is 9.31. The lowest BCUT2D eigenvalue weighted by molar-refractivity contribution is -0.131. The number of carbonyl (C=O) groups excluding carboxylic acids is 3. The Kier molecular flexibility index (Phi) is 7.26. The van der Waals surface area contributed by atoms with Gasteiger partial charge in [-0.1, -0.05) is 26.0 Å². The number of nitrogens with one attached hydrogen (secondary N) is 2. The maximum Gasteiger partial charge on any atom is 0.248 e. The van der Waals surface area contributed by atoms with Crippen LogP contribution in [0.5, 0.6) is 0 Å². The minimum absolute atomic E-state index is 0.0637. The first-order valence-electron chi connectivity index (χ1n) is 14.8. The summed E-state index contributed by atoms with van der Waals surface area (Å²) in [6.07, 6.45) is 3.44. The lowest BCUT2D eigenvalue weighted by Gasteiger charge is -2.35. The van der Waals surface area contributed by atoms with Gasteiger partial charge in [0.25, 0.3) is 0 Å². The molecule has 0 radical (unpaired) electrons. The molecule has 11 heteroatoms. The number of aromatic amines is 1. The first-order chi connectivity index (χ1) is 20.6. The Morgan fingerprint density at radius 3 is 2.21 bits per heavy atom. The Morgan fingerprint density at radius 1 is 1.05 bits per heavy atom. The molecule has 1 saturated heterocycles. The number of H-pyrrole nitrogens is 1. The van der Waals surface area contributed by atoms with Crippen molar-refractivity contribution in [2.75, 3.05) is 13.1 Å². The number of primary amides is 2. The smallest absolute Gasteiger partial charge is 0.248 e. The highest BCUT2D eigenvalue weighted by Crippen LogP contribution is 2.48. The van der Waals surface area contributed by atoms with E-state index >= 15 is 0 Å². The summed E-state index contributed by atoms with van der Waals surface area (Å²) in [7, 11) is 0. The van der Waals surface area contributed by atoms with Gasteiger partial charge in [0.2, 0.25) is 17.7 Å². The van der Waals surface area contributed by atoms with E-state index < -0.39 is 17.2 Å². The molecular formula is C32H36N8O3. The Hall–Kier alpha value is -4.56.